The summed E-state index contributed by atoms with van der Waals surface area (Å²) < 4.78 is 1.15. The Balaban J connectivity index is 1.87. The lowest BCUT2D eigenvalue weighted by molar-refractivity contribution is 0.0769. The average molecular weight is 313 g/mol. The lowest BCUT2D eigenvalue weighted by Gasteiger charge is -2.19. The molecule has 0 saturated carbocycles. The lowest BCUT2D eigenvalue weighted by atomic mass is 10.2. The van der Waals surface area contributed by atoms with E-state index in [9.17, 15) is 4.79 Å². The number of benzene rings is 1. The SMILES string of the molecule is C=CCN(Cc1cccs1)C(=O)c1cc2ccccc2s1. The van der Waals surface area contributed by atoms with Gasteiger partial charge in [-0.3, -0.25) is 4.79 Å². The molecule has 0 radical (unpaired) electrons. The molecule has 0 saturated heterocycles. The first kappa shape index (κ1) is 14.0. The topological polar surface area (TPSA) is 20.3 Å². The summed E-state index contributed by atoms with van der Waals surface area (Å²) >= 11 is 3.22. The standard InChI is InChI=1S/C17H15NOS2/c1-2-9-18(12-14-7-5-10-20-14)17(19)16-11-13-6-3-4-8-15(13)21-16/h2-8,10-11H,1,9,12H2. The molecule has 0 bridgehead atoms. The van der Waals surface area contributed by atoms with Crippen LogP contribution in [-0.4, -0.2) is 17.4 Å². The van der Waals surface area contributed by atoms with Gasteiger partial charge in [0.15, 0.2) is 0 Å². The van der Waals surface area contributed by atoms with Crippen molar-refractivity contribution < 1.29 is 4.79 Å². The Hall–Kier alpha value is -1.91. The minimum Gasteiger partial charge on any atom is -0.329 e. The van der Waals surface area contributed by atoms with E-state index in [1.807, 2.05) is 46.7 Å². The van der Waals surface area contributed by atoms with Gasteiger partial charge in [0.2, 0.25) is 0 Å². The second kappa shape index (κ2) is 6.24. The maximum Gasteiger partial charge on any atom is 0.264 e. The van der Waals surface area contributed by atoms with Crippen molar-refractivity contribution in [2.24, 2.45) is 0 Å². The molecule has 21 heavy (non-hydrogen) atoms. The van der Waals surface area contributed by atoms with Gasteiger partial charge in [0.1, 0.15) is 0 Å². The first-order valence-corrected chi connectivity index (χ1v) is 8.38. The number of carbonyl (C=O) groups excluding carboxylic acids is 1. The zero-order valence-electron chi connectivity index (χ0n) is 11.5. The van der Waals surface area contributed by atoms with Crippen molar-refractivity contribution >= 4 is 38.7 Å². The van der Waals surface area contributed by atoms with E-state index in [1.54, 1.807) is 28.7 Å². The van der Waals surface area contributed by atoms with Crippen LogP contribution in [0.5, 0.6) is 0 Å². The van der Waals surface area contributed by atoms with Gasteiger partial charge in [-0.15, -0.1) is 29.3 Å². The van der Waals surface area contributed by atoms with E-state index < -0.39 is 0 Å². The molecule has 0 atom stereocenters. The fourth-order valence-corrected chi connectivity index (χ4v) is 3.96. The van der Waals surface area contributed by atoms with Gasteiger partial charge in [0, 0.05) is 16.1 Å². The van der Waals surface area contributed by atoms with E-state index >= 15 is 0 Å². The molecule has 0 aliphatic heterocycles. The first-order valence-electron chi connectivity index (χ1n) is 6.69. The van der Waals surface area contributed by atoms with E-state index in [-0.39, 0.29) is 5.91 Å². The van der Waals surface area contributed by atoms with Crippen LogP contribution in [0.4, 0.5) is 0 Å². The highest BCUT2D eigenvalue weighted by Crippen LogP contribution is 2.27. The molecule has 1 aromatic carbocycles. The molecule has 106 valence electrons. The quantitative estimate of drug-likeness (QED) is 0.620. The van der Waals surface area contributed by atoms with Crippen molar-refractivity contribution in [2.75, 3.05) is 6.54 Å². The maximum atomic E-state index is 12.7. The fraction of sp³-hybridized carbons (Fsp3) is 0.118. The molecule has 2 heterocycles. The molecular formula is C17H15NOS2. The predicted molar refractivity (Wildman–Crippen MR) is 91.1 cm³/mol. The Labute approximate surface area is 132 Å². The number of hydrogen-bond acceptors (Lipinski definition) is 3. The van der Waals surface area contributed by atoms with Crippen LogP contribution in [0.15, 0.2) is 60.5 Å². The Bertz CT molecular complexity index is 725. The Morgan fingerprint density at radius 2 is 2.10 bits per heavy atom. The molecule has 2 nitrogen and oxygen atoms in total. The number of nitrogens with zero attached hydrogens (tertiary/aromatic N) is 1. The molecule has 0 aliphatic rings. The third-order valence-electron chi connectivity index (χ3n) is 3.20. The van der Waals surface area contributed by atoms with Crippen LogP contribution in [-0.2, 0) is 6.54 Å². The summed E-state index contributed by atoms with van der Waals surface area (Å²) in [6.45, 7) is 4.96. The van der Waals surface area contributed by atoms with Crippen molar-refractivity contribution in [3.05, 3.63) is 70.3 Å². The zero-order chi connectivity index (χ0) is 14.7. The number of thiophene rings is 2. The third-order valence-corrected chi connectivity index (χ3v) is 5.17. The van der Waals surface area contributed by atoms with Crippen molar-refractivity contribution in [1.29, 1.82) is 0 Å². The van der Waals surface area contributed by atoms with Gasteiger partial charge >= 0.3 is 0 Å². The molecule has 0 spiro atoms. The van der Waals surface area contributed by atoms with Gasteiger partial charge in [-0.25, -0.2) is 0 Å². The van der Waals surface area contributed by atoms with E-state index in [4.69, 9.17) is 0 Å². The van der Waals surface area contributed by atoms with E-state index in [0.29, 0.717) is 13.1 Å². The number of fused-ring (bicyclic) bond motifs is 1. The number of amides is 1. The number of hydrogen-bond donors (Lipinski definition) is 0. The van der Waals surface area contributed by atoms with E-state index in [1.165, 1.54) is 4.88 Å². The van der Waals surface area contributed by atoms with Crippen molar-refractivity contribution in [3.63, 3.8) is 0 Å². The zero-order valence-corrected chi connectivity index (χ0v) is 13.1. The largest absolute Gasteiger partial charge is 0.329 e. The maximum absolute atomic E-state index is 12.7. The second-order valence-electron chi connectivity index (χ2n) is 4.70. The summed E-state index contributed by atoms with van der Waals surface area (Å²) in [5.74, 6) is 0.0736. The molecule has 0 N–H and O–H groups in total. The normalized spacial score (nSPS) is 10.7. The molecule has 0 aliphatic carbocycles. The van der Waals surface area contributed by atoms with Gasteiger partial charge in [-0.2, -0.15) is 0 Å². The summed E-state index contributed by atoms with van der Waals surface area (Å²) in [5, 5.41) is 3.16. The summed E-state index contributed by atoms with van der Waals surface area (Å²) in [7, 11) is 0. The summed E-state index contributed by atoms with van der Waals surface area (Å²) in [4.78, 5) is 16.5. The summed E-state index contributed by atoms with van der Waals surface area (Å²) in [5.41, 5.74) is 0. The average Bonchev–Trinajstić information content (AvgIpc) is 3.14. The molecule has 0 unspecified atom stereocenters. The van der Waals surface area contributed by atoms with Crippen LogP contribution in [0.1, 0.15) is 14.5 Å². The third kappa shape index (κ3) is 3.06. The molecule has 0 fully saturated rings. The Morgan fingerprint density at radius 3 is 2.81 bits per heavy atom. The van der Waals surface area contributed by atoms with Gasteiger partial charge in [0.25, 0.3) is 5.91 Å². The summed E-state index contributed by atoms with van der Waals surface area (Å²) in [6.07, 6.45) is 1.78. The monoisotopic (exact) mass is 313 g/mol. The van der Waals surface area contributed by atoms with Crippen molar-refractivity contribution in [2.45, 2.75) is 6.54 Å². The first-order chi connectivity index (χ1) is 10.3. The van der Waals surface area contributed by atoms with Crippen molar-refractivity contribution in [1.82, 2.24) is 4.90 Å². The Kier molecular flexibility index (Phi) is 4.18. The highest BCUT2D eigenvalue weighted by atomic mass is 32.1. The minimum absolute atomic E-state index is 0.0736. The van der Waals surface area contributed by atoms with Crippen LogP contribution in [0, 0.1) is 0 Å². The summed E-state index contributed by atoms with van der Waals surface area (Å²) in [6, 6.07) is 14.1. The molecule has 3 aromatic rings. The predicted octanol–water partition coefficient (Wildman–Crippen LogP) is 4.79. The van der Waals surface area contributed by atoms with Crippen LogP contribution in [0.3, 0.4) is 0 Å². The van der Waals surface area contributed by atoms with Gasteiger partial charge < -0.3 is 4.90 Å². The highest BCUT2D eigenvalue weighted by Gasteiger charge is 2.17. The minimum atomic E-state index is 0.0736. The number of carbonyl (C=O) groups is 1. The van der Waals surface area contributed by atoms with Gasteiger partial charge in [0.05, 0.1) is 11.4 Å². The molecule has 2 aromatic heterocycles. The Morgan fingerprint density at radius 1 is 1.24 bits per heavy atom. The fourth-order valence-electron chi connectivity index (χ4n) is 2.21. The molecule has 3 rings (SSSR count). The van der Waals surface area contributed by atoms with Crippen LogP contribution in [0.25, 0.3) is 10.1 Å². The second-order valence-corrected chi connectivity index (χ2v) is 6.82. The van der Waals surface area contributed by atoms with E-state index in [0.717, 1.165) is 15.0 Å². The lowest BCUT2D eigenvalue weighted by Crippen LogP contribution is -2.29. The molecule has 1 amide bonds. The van der Waals surface area contributed by atoms with Crippen LogP contribution in [0.2, 0.25) is 0 Å². The molecular weight excluding hydrogens is 298 g/mol. The number of rotatable bonds is 5. The van der Waals surface area contributed by atoms with Gasteiger partial charge in [-0.05, 0) is 29.0 Å². The van der Waals surface area contributed by atoms with E-state index in [2.05, 4.69) is 12.6 Å². The van der Waals surface area contributed by atoms with Crippen LogP contribution >= 0.6 is 22.7 Å². The van der Waals surface area contributed by atoms with Crippen LogP contribution < -0.4 is 0 Å². The highest BCUT2D eigenvalue weighted by molar-refractivity contribution is 7.20. The van der Waals surface area contributed by atoms with Crippen molar-refractivity contribution in [3.8, 4) is 0 Å². The van der Waals surface area contributed by atoms with Gasteiger partial charge in [-0.1, -0.05) is 30.3 Å². The smallest absolute Gasteiger partial charge is 0.264 e. The molecule has 4 heteroatoms.